The molecule has 0 saturated carbocycles. The van der Waals surface area contributed by atoms with Gasteiger partial charge >= 0.3 is 0 Å². The molecule has 0 amide bonds. The molecule has 0 aliphatic carbocycles. The summed E-state index contributed by atoms with van der Waals surface area (Å²) in [5.74, 6) is 1.31. The molecule has 2 heteroatoms. The van der Waals surface area contributed by atoms with Crippen molar-refractivity contribution in [2.45, 2.75) is 39.7 Å². The minimum Gasteiger partial charge on any atom is -0.376 e. The molecule has 0 saturated heterocycles. The Morgan fingerprint density at radius 1 is 1.36 bits per heavy atom. The first-order valence-electron chi connectivity index (χ1n) is 4.15. The molecule has 0 fully saturated rings. The van der Waals surface area contributed by atoms with Crippen molar-refractivity contribution in [2.24, 2.45) is 5.92 Å². The third kappa shape index (κ3) is 8.15. The second-order valence-electron chi connectivity index (χ2n) is 4.01. The van der Waals surface area contributed by atoms with Crippen LogP contribution in [0, 0.1) is 5.92 Å². The Balaban J connectivity index is 3.38. The fraction of sp³-hybridized carbons (Fsp3) is 1.00. The quantitative estimate of drug-likeness (QED) is 0.602. The van der Waals surface area contributed by atoms with Gasteiger partial charge in [-0.25, -0.2) is 0 Å². The van der Waals surface area contributed by atoms with E-state index in [-0.39, 0.29) is 5.60 Å². The summed E-state index contributed by atoms with van der Waals surface area (Å²) in [7, 11) is 0. The lowest BCUT2D eigenvalue weighted by molar-refractivity contribution is -0.0197. The standard InChI is InChI=1S/C9H19ClO/c1-8(5-6-10)7-11-9(2,3)4/h8H,5-7H2,1-4H3. The Bertz CT molecular complexity index is 96.2. The van der Waals surface area contributed by atoms with E-state index in [0.717, 1.165) is 18.9 Å². The van der Waals surface area contributed by atoms with E-state index in [0.29, 0.717) is 5.92 Å². The van der Waals surface area contributed by atoms with Crippen LogP contribution < -0.4 is 0 Å². The van der Waals surface area contributed by atoms with Crippen LogP contribution in [0.15, 0.2) is 0 Å². The first-order valence-corrected chi connectivity index (χ1v) is 4.69. The minimum absolute atomic E-state index is 0.0133. The van der Waals surface area contributed by atoms with Crippen LogP contribution in [0.3, 0.4) is 0 Å². The molecule has 68 valence electrons. The molecule has 0 rings (SSSR count). The molecule has 0 N–H and O–H groups in total. The zero-order chi connectivity index (χ0) is 8.91. The first-order chi connectivity index (χ1) is 4.95. The Morgan fingerprint density at radius 3 is 2.27 bits per heavy atom. The lowest BCUT2D eigenvalue weighted by Crippen LogP contribution is -2.22. The normalized spacial score (nSPS) is 15.0. The molecule has 0 aliphatic heterocycles. The third-order valence-electron chi connectivity index (χ3n) is 1.40. The van der Waals surface area contributed by atoms with E-state index < -0.39 is 0 Å². The average Bonchev–Trinajstić information content (AvgIpc) is 1.83. The van der Waals surface area contributed by atoms with E-state index in [2.05, 4.69) is 27.7 Å². The fourth-order valence-electron chi connectivity index (χ4n) is 0.662. The van der Waals surface area contributed by atoms with Crippen molar-refractivity contribution in [2.75, 3.05) is 12.5 Å². The molecule has 1 atom stereocenters. The maximum absolute atomic E-state index is 5.59. The maximum Gasteiger partial charge on any atom is 0.0598 e. The molecule has 0 spiro atoms. The number of halogens is 1. The largest absolute Gasteiger partial charge is 0.376 e. The van der Waals surface area contributed by atoms with Crippen LogP contribution in [0.25, 0.3) is 0 Å². The van der Waals surface area contributed by atoms with Gasteiger partial charge < -0.3 is 4.74 Å². The van der Waals surface area contributed by atoms with Crippen molar-refractivity contribution in [1.82, 2.24) is 0 Å². The smallest absolute Gasteiger partial charge is 0.0598 e. The van der Waals surface area contributed by atoms with Gasteiger partial charge in [0.1, 0.15) is 0 Å². The molecule has 1 unspecified atom stereocenters. The molecule has 1 nitrogen and oxygen atoms in total. The van der Waals surface area contributed by atoms with Crippen LogP contribution in [0.1, 0.15) is 34.1 Å². The average molecular weight is 179 g/mol. The second-order valence-corrected chi connectivity index (χ2v) is 4.38. The fourth-order valence-corrected chi connectivity index (χ4v) is 1.03. The molecule has 0 aliphatic rings. The van der Waals surface area contributed by atoms with Crippen LogP contribution in [-0.2, 0) is 4.74 Å². The molecule has 0 bridgehead atoms. The number of hydrogen-bond donors (Lipinski definition) is 0. The van der Waals surface area contributed by atoms with Crippen LogP contribution in [0.2, 0.25) is 0 Å². The Labute approximate surface area is 75.1 Å². The van der Waals surface area contributed by atoms with Crippen LogP contribution in [0.4, 0.5) is 0 Å². The van der Waals surface area contributed by atoms with E-state index in [1.165, 1.54) is 0 Å². The summed E-state index contributed by atoms with van der Waals surface area (Å²) in [4.78, 5) is 0. The molecule has 11 heavy (non-hydrogen) atoms. The van der Waals surface area contributed by atoms with Crippen molar-refractivity contribution in [1.29, 1.82) is 0 Å². The summed E-state index contributed by atoms with van der Waals surface area (Å²) in [6.07, 6.45) is 1.04. The summed E-state index contributed by atoms with van der Waals surface area (Å²) in [6, 6.07) is 0. The van der Waals surface area contributed by atoms with Gasteiger partial charge in [-0.3, -0.25) is 0 Å². The summed E-state index contributed by atoms with van der Waals surface area (Å²) in [5.41, 5.74) is -0.0133. The highest BCUT2D eigenvalue weighted by atomic mass is 35.5. The van der Waals surface area contributed by atoms with E-state index >= 15 is 0 Å². The molecule has 0 aromatic rings. The Morgan fingerprint density at radius 2 is 1.91 bits per heavy atom. The van der Waals surface area contributed by atoms with Crippen LogP contribution in [0.5, 0.6) is 0 Å². The molecule has 0 aromatic carbocycles. The lowest BCUT2D eigenvalue weighted by Gasteiger charge is -2.22. The van der Waals surface area contributed by atoms with E-state index in [1.807, 2.05) is 0 Å². The maximum atomic E-state index is 5.59. The number of alkyl halides is 1. The molecule has 0 heterocycles. The lowest BCUT2D eigenvalue weighted by atomic mass is 10.1. The van der Waals surface area contributed by atoms with Gasteiger partial charge in [0.25, 0.3) is 0 Å². The van der Waals surface area contributed by atoms with Gasteiger partial charge in [0.2, 0.25) is 0 Å². The van der Waals surface area contributed by atoms with E-state index in [1.54, 1.807) is 0 Å². The summed E-state index contributed by atoms with van der Waals surface area (Å²) in [5, 5.41) is 0. The van der Waals surface area contributed by atoms with Gasteiger partial charge in [-0.15, -0.1) is 11.6 Å². The summed E-state index contributed by atoms with van der Waals surface area (Å²) >= 11 is 5.59. The summed E-state index contributed by atoms with van der Waals surface area (Å²) in [6.45, 7) is 9.19. The van der Waals surface area contributed by atoms with Crippen molar-refractivity contribution >= 4 is 11.6 Å². The van der Waals surface area contributed by atoms with Gasteiger partial charge in [-0.1, -0.05) is 6.92 Å². The molecule has 0 aromatic heterocycles. The van der Waals surface area contributed by atoms with E-state index in [9.17, 15) is 0 Å². The molecular weight excluding hydrogens is 160 g/mol. The minimum atomic E-state index is -0.0133. The van der Waals surface area contributed by atoms with Gasteiger partial charge in [0.15, 0.2) is 0 Å². The van der Waals surface area contributed by atoms with Gasteiger partial charge in [-0.2, -0.15) is 0 Å². The number of hydrogen-bond acceptors (Lipinski definition) is 1. The zero-order valence-electron chi connectivity index (χ0n) is 7.98. The molecular formula is C9H19ClO. The predicted octanol–water partition coefficient (Wildman–Crippen LogP) is 3.07. The van der Waals surface area contributed by atoms with Gasteiger partial charge in [-0.05, 0) is 33.1 Å². The molecule has 0 radical (unpaired) electrons. The topological polar surface area (TPSA) is 9.23 Å². The van der Waals surface area contributed by atoms with E-state index in [4.69, 9.17) is 16.3 Å². The SMILES string of the molecule is CC(CCCl)COC(C)(C)C. The Hall–Kier alpha value is 0.250. The third-order valence-corrected chi connectivity index (χ3v) is 1.62. The van der Waals surface area contributed by atoms with Crippen molar-refractivity contribution in [3.63, 3.8) is 0 Å². The first kappa shape index (κ1) is 11.2. The van der Waals surface area contributed by atoms with Crippen LogP contribution >= 0.6 is 11.6 Å². The summed E-state index contributed by atoms with van der Waals surface area (Å²) < 4.78 is 5.59. The van der Waals surface area contributed by atoms with Crippen molar-refractivity contribution in [3.05, 3.63) is 0 Å². The number of rotatable bonds is 4. The van der Waals surface area contributed by atoms with Crippen molar-refractivity contribution in [3.8, 4) is 0 Å². The number of ether oxygens (including phenoxy) is 1. The van der Waals surface area contributed by atoms with Crippen molar-refractivity contribution < 1.29 is 4.74 Å². The predicted molar refractivity (Wildman–Crippen MR) is 50.2 cm³/mol. The zero-order valence-corrected chi connectivity index (χ0v) is 8.74. The second kappa shape index (κ2) is 5.00. The highest BCUT2D eigenvalue weighted by Crippen LogP contribution is 2.11. The van der Waals surface area contributed by atoms with Gasteiger partial charge in [0, 0.05) is 12.5 Å². The monoisotopic (exact) mass is 178 g/mol. The van der Waals surface area contributed by atoms with Gasteiger partial charge in [0.05, 0.1) is 5.60 Å². The Kier molecular flexibility index (Phi) is 5.11. The highest BCUT2D eigenvalue weighted by molar-refractivity contribution is 6.17. The highest BCUT2D eigenvalue weighted by Gasteiger charge is 2.11. The van der Waals surface area contributed by atoms with Crippen LogP contribution in [-0.4, -0.2) is 18.1 Å².